The molecule has 2 rings (SSSR count). The molecule has 21 heavy (non-hydrogen) atoms. The van der Waals surface area contributed by atoms with Gasteiger partial charge in [0.1, 0.15) is 5.01 Å². The number of hydrogen-bond acceptors (Lipinski definition) is 7. The first-order chi connectivity index (χ1) is 10.2. The van der Waals surface area contributed by atoms with Gasteiger partial charge in [0.2, 0.25) is 5.75 Å². The van der Waals surface area contributed by atoms with Crippen LogP contribution in [0.25, 0.3) is 10.6 Å². The van der Waals surface area contributed by atoms with Crippen molar-refractivity contribution in [2.75, 3.05) is 21.3 Å². The van der Waals surface area contributed by atoms with Crippen molar-refractivity contribution in [2.45, 2.75) is 19.4 Å². The minimum absolute atomic E-state index is 0.0950. The Bertz CT molecular complexity index is 616. The number of aromatic nitrogens is 2. The van der Waals surface area contributed by atoms with E-state index in [-0.39, 0.29) is 6.04 Å². The molecule has 1 heterocycles. The van der Waals surface area contributed by atoms with E-state index in [0.717, 1.165) is 22.0 Å². The topological polar surface area (TPSA) is 79.5 Å². The van der Waals surface area contributed by atoms with Gasteiger partial charge in [-0.1, -0.05) is 18.3 Å². The van der Waals surface area contributed by atoms with Gasteiger partial charge in [0, 0.05) is 0 Å². The Morgan fingerprint density at radius 2 is 1.81 bits per heavy atom. The first-order valence-corrected chi connectivity index (χ1v) is 7.36. The first kappa shape index (κ1) is 15.5. The van der Waals surface area contributed by atoms with E-state index in [1.807, 2.05) is 19.1 Å². The Morgan fingerprint density at radius 3 is 2.38 bits per heavy atom. The Kier molecular flexibility index (Phi) is 4.98. The molecule has 1 aromatic heterocycles. The Morgan fingerprint density at radius 1 is 1.10 bits per heavy atom. The summed E-state index contributed by atoms with van der Waals surface area (Å²) in [5.41, 5.74) is 6.80. The predicted octanol–water partition coefficient (Wildman–Crippen LogP) is 2.64. The molecule has 2 N–H and O–H groups in total. The van der Waals surface area contributed by atoms with Gasteiger partial charge in [0.15, 0.2) is 16.5 Å². The van der Waals surface area contributed by atoms with E-state index in [1.54, 1.807) is 21.3 Å². The van der Waals surface area contributed by atoms with E-state index in [0.29, 0.717) is 17.2 Å². The molecular formula is C14H19N3O3S. The summed E-state index contributed by atoms with van der Waals surface area (Å²) in [5.74, 6) is 1.71. The molecule has 0 aliphatic heterocycles. The second kappa shape index (κ2) is 6.73. The lowest BCUT2D eigenvalue weighted by molar-refractivity contribution is 0.325. The highest BCUT2D eigenvalue weighted by molar-refractivity contribution is 7.14. The highest BCUT2D eigenvalue weighted by Crippen LogP contribution is 2.45. The largest absolute Gasteiger partial charge is 0.493 e. The van der Waals surface area contributed by atoms with Gasteiger partial charge in [-0.25, -0.2) is 0 Å². The fourth-order valence-corrected chi connectivity index (χ4v) is 2.89. The number of nitrogens with zero attached hydrogens (tertiary/aromatic N) is 2. The van der Waals surface area contributed by atoms with Crippen molar-refractivity contribution in [2.24, 2.45) is 5.73 Å². The maximum absolute atomic E-state index is 5.99. The van der Waals surface area contributed by atoms with Gasteiger partial charge in [-0.2, -0.15) is 0 Å². The normalized spacial score (nSPS) is 12.0. The van der Waals surface area contributed by atoms with Crippen LogP contribution in [-0.2, 0) is 0 Å². The highest BCUT2D eigenvalue weighted by Gasteiger charge is 2.20. The number of benzene rings is 1. The van der Waals surface area contributed by atoms with Gasteiger partial charge in [0.05, 0.1) is 32.9 Å². The average Bonchev–Trinajstić information content (AvgIpc) is 3.02. The quantitative estimate of drug-likeness (QED) is 0.883. The maximum atomic E-state index is 5.99. The lowest BCUT2D eigenvalue weighted by atomic mass is 10.2. The van der Waals surface area contributed by atoms with Crippen LogP contribution in [0.4, 0.5) is 0 Å². The number of nitrogens with two attached hydrogens (primary N) is 1. The molecule has 114 valence electrons. The lowest BCUT2D eigenvalue weighted by Crippen LogP contribution is -2.07. The van der Waals surface area contributed by atoms with Gasteiger partial charge in [-0.15, -0.1) is 10.2 Å². The van der Waals surface area contributed by atoms with Crippen LogP contribution in [0.1, 0.15) is 24.4 Å². The summed E-state index contributed by atoms with van der Waals surface area (Å²) in [7, 11) is 4.74. The van der Waals surface area contributed by atoms with Crippen LogP contribution in [0.2, 0.25) is 0 Å². The van der Waals surface area contributed by atoms with Gasteiger partial charge < -0.3 is 19.9 Å². The Labute approximate surface area is 127 Å². The SMILES string of the molecule is CCC(N)c1nnc(-c2ccc(OC)c(OC)c2OC)s1. The monoisotopic (exact) mass is 309 g/mol. The van der Waals surface area contributed by atoms with Crippen LogP contribution in [0, 0.1) is 0 Å². The van der Waals surface area contributed by atoms with Crippen molar-refractivity contribution >= 4 is 11.3 Å². The van der Waals surface area contributed by atoms with Crippen molar-refractivity contribution in [1.82, 2.24) is 10.2 Å². The minimum atomic E-state index is -0.0950. The van der Waals surface area contributed by atoms with E-state index in [9.17, 15) is 0 Å². The summed E-state index contributed by atoms with van der Waals surface area (Å²) < 4.78 is 16.1. The molecule has 0 aliphatic rings. The maximum Gasteiger partial charge on any atom is 0.204 e. The first-order valence-electron chi connectivity index (χ1n) is 6.54. The number of rotatable bonds is 6. The summed E-state index contributed by atoms with van der Waals surface area (Å²) in [6, 6.07) is 3.60. The van der Waals surface area contributed by atoms with Crippen molar-refractivity contribution in [3.8, 4) is 27.8 Å². The van der Waals surface area contributed by atoms with Crippen LogP contribution < -0.4 is 19.9 Å². The molecule has 7 heteroatoms. The fourth-order valence-electron chi connectivity index (χ4n) is 1.94. The van der Waals surface area contributed by atoms with Crippen molar-refractivity contribution in [1.29, 1.82) is 0 Å². The molecule has 1 unspecified atom stereocenters. The molecule has 0 saturated carbocycles. The summed E-state index contributed by atoms with van der Waals surface area (Å²) in [5, 5.41) is 9.91. The van der Waals surface area contributed by atoms with Crippen LogP contribution in [0.3, 0.4) is 0 Å². The Balaban J connectivity index is 2.51. The van der Waals surface area contributed by atoms with Gasteiger partial charge in [-0.3, -0.25) is 0 Å². The van der Waals surface area contributed by atoms with E-state index in [4.69, 9.17) is 19.9 Å². The summed E-state index contributed by atoms with van der Waals surface area (Å²) >= 11 is 1.46. The molecule has 0 amide bonds. The summed E-state index contributed by atoms with van der Waals surface area (Å²) in [6.45, 7) is 2.02. The number of methoxy groups -OCH3 is 3. The molecule has 0 spiro atoms. The second-order valence-electron chi connectivity index (χ2n) is 4.34. The van der Waals surface area contributed by atoms with Crippen molar-refractivity contribution < 1.29 is 14.2 Å². The zero-order chi connectivity index (χ0) is 15.4. The molecule has 6 nitrogen and oxygen atoms in total. The third-order valence-electron chi connectivity index (χ3n) is 3.13. The molecule has 1 aromatic carbocycles. The Hall–Kier alpha value is -1.86. The molecule has 0 saturated heterocycles. The summed E-state index contributed by atoms with van der Waals surface area (Å²) in [4.78, 5) is 0. The molecule has 0 fully saturated rings. The molecule has 2 aromatic rings. The molecule has 0 aliphatic carbocycles. The smallest absolute Gasteiger partial charge is 0.204 e. The zero-order valence-electron chi connectivity index (χ0n) is 12.5. The lowest BCUT2D eigenvalue weighted by Gasteiger charge is -2.14. The van der Waals surface area contributed by atoms with Crippen LogP contribution >= 0.6 is 11.3 Å². The van der Waals surface area contributed by atoms with E-state index < -0.39 is 0 Å². The summed E-state index contributed by atoms with van der Waals surface area (Å²) in [6.07, 6.45) is 0.817. The minimum Gasteiger partial charge on any atom is -0.493 e. The third-order valence-corrected chi connectivity index (χ3v) is 4.22. The molecule has 0 bridgehead atoms. The van der Waals surface area contributed by atoms with E-state index >= 15 is 0 Å². The zero-order valence-corrected chi connectivity index (χ0v) is 13.4. The highest BCUT2D eigenvalue weighted by atomic mass is 32.1. The average molecular weight is 309 g/mol. The second-order valence-corrected chi connectivity index (χ2v) is 5.35. The molecule has 0 radical (unpaired) electrons. The van der Waals surface area contributed by atoms with Crippen molar-refractivity contribution in [3.63, 3.8) is 0 Å². The van der Waals surface area contributed by atoms with Crippen LogP contribution in [-0.4, -0.2) is 31.5 Å². The van der Waals surface area contributed by atoms with Gasteiger partial charge >= 0.3 is 0 Å². The van der Waals surface area contributed by atoms with Gasteiger partial charge in [-0.05, 0) is 18.6 Å². The molecular weight excluding hydrogens is 290 g/mol. The van der Waals surface area contributed by atoms with Crippen molar-refractivity contribution in [3.05, 3.63) is 17.1 Å². The van der Waals surface area contributed by atoms with Crippen LogP contribution in [0.15, 0.2) is 12.1 Å². The van der Waals surface area contributed by atoms with E-state index in [2.05, 4.69) is 10.2 Å². The van der Waals surface area contributed by atoms with Gasteiger partial charge in [0.25, 0.3) is 0 Å². The van der Waals surface area contributed by atoms with E-state index in [1.165, 1.54) is 11.3 Å². The third kappa shape index (κ3) is 2.93. The number of ether oxygens (including phenoxy) is 3. The molecule has 1 atom stereocenters. The fraction of sp³-hybridized carbons (Fsp3) is 0.429. The number of hydrogen-bond donors (Lipinski definition) is 1. The standard InChI is InChI=1S/C14H19N3O3S/c1-5-9(15)14-17-16-13(21-14)8-6-7-10(18-2)12(20-4)11(8)19-3/h6-7,9H,5,15H2,1-4H3. The predicted molar refractivity (Wildman–Crippen MR) is 82.2 cm³/mol. The van der Waals surface area contributed by atoms with Crippen LogP contribution in [0.5, 0.6) is 17.2 Å².